The van der Waals surface area contributed by atoms with Gasteiger partial charge in [0.25, 0.3) is 6.93 Å². The van der Waals surface area contributed by atoms with Crippen molar-refractivity contribution in [2.24, 2.45) is 0 Å². The second-order valence-electron chi connectivity index (χ2n) is 0.0825. The second-order valence-corrected chi connectivity index (χ2v) is 0.0825. The first-order chi connectivity index (χ1) is 1.41. The van der Waals surface area contributed by atoms with Gasteiger partial charge >= 0.3 is 29.6 Å². The van der Waals surface area contributed by atoms with Crippen LogP contribution in [-0.4, -0.2) is 29.6 Å². The van der Waals surface area contributed by atoms with Gasteiger partial charge < -0.3 is 0 Å². The van der Waals surface area contributed by atoms with Crippen molar-refractivity contribution in [2.75, 3.05) is 0 Å². The molecule has 0 aliphatic heterocycles. The van der Waals surface area contributed by atoms with Crippen molar-refractivity contribution < 1.29 is 8.78 Å². The van der Waals surface area contributed by atoms with Crippen LogP contribution in [-0.2, 0) is 0 Å². The predicted octanol–water partition coefficient (Wildman–Crippen LogP) is 0.396. The summed E-state index contributed by atoms with van der Waals surface area (Å²) in [7, 11) is 0. The fraction of sp³-hybridized carbons (Fsp3) is 0. The van der Waals surface area contributed by atoms with E-state index in [9.17, 15) is 8.78 Å². The summed E-state index contributed by atoms with van der Waals surface area (Å²) in [6, 6.07) is 0. The van der Waals surface area contributed by atoms with Gasteiger partial charge in [0.15, 0.2) is 0 Å². The Balaban J connectivity index is 0. The molecule has 3 heteroatoms. The van der Waals surface area contributed by atoms with Gasteiger partial charge in [-0.15, -0.1) is 0 Å². The quantitative estimate of drug-likeness (QED) is 0.365. The standard InChI is InChI=1S/CHF2.Na.H/c2-1-3;;/h1H;;. The van der Waals surface area contributed by atoms with E-state index >= 15 is 0 Å². The summed E-state index contributed by atoms with van der Waals surface area (Å²) in [5.41, 5.74) is 0. The monoisotopic (exact) mass is 75.0 g/mol. The van der Waals surface area contributed by atoms with E-state index in [0.29, 0.717) is 0 Å². The number of rotatable bonds is 0. The van der Waals surface area contributed by atoms with Crippen LogP contribution in [0.4, 0.5) is 8.78 Å². The van der Waals surface area contributed by atoms with E-state index in [1.807, 2.05) is 0 Å². The number of hydrogen-bond acceptors (Lipinski definition) is 0. The van der Waals surface area contributed by atoms with Crippen LogP contribution in [0.15, 0.2) is 0 Å². The van der Waals surface area contributed by atoms with Crippen LogP contribution in [0.1, 0.15) is 0 Å². The molecule has 0 aliphatic rings. The van der Waals surface area contributed by atoms with E-state index in [1.54, 1.807) is 0 Å². The molecule has 0 saturated heterocycles. The van der Waals surface area contributed by atoms with Gasteiger partial charge in [0.2, 0.25) is 0 Å². The molecular weight excluding hydrogens is 73.0 g/mol. The zero-order valence-corrected chi connectivity index (χ0v) is 1.33. The topological polar surface area (TPSA) is 0 Å². The Hall–Kier alpha value is 0.860. The van der Waals surface area contributed by atoms with Crippen LogP contribution in [0.25, 0.3) is 0 Å². The third kappa shape index (κ3) is 13.4. The van der Waals surface area contributed by atoms with E-state index in [-0.39, 0.29) is 29.6 Å². The van der Waals surface area contributed by atoms with E-state index < -0.39 is 6.93 Å². The fourth-order valence-electron chi connectivity index (χ4n) is 0. The molecule has 0 fully saturated rings. The summed E-state index contributed by atoms with van der Waals surface area (Å²) < 4.78 is 19.0. The van der Waals surface area contributed by atoms with Gasteiger partial charge in [0.05, 0.1) is 0 Å². The van der Waals surface area contributed by atoms with Gasteiger partial charge in [-0.3, -0.25) is 0 Å². The molecule has 0 rings (SSSR count). The average Bonchev–Trinajstić information content (AvgIpc) is 0.918. The molecule has 4 heavy (non-hydrogen) atoms. The van der Waals surface area contributed by atoms with Crippen LogP contribution in [0.2, 0.25) is 0 Å². The van der Waals surface area contributed by atoms with Crippen LogP contribution in [0, 0.1) is 6.93 Å². The molecule has 0 aliphatic carbocycles. The zero-order valence-electron chi connectivity index (χ0n) is 1.33. The third-order valence-corrected chi connectivity index (χ3v) is 0. The van der Waals surface area contributed by atoms with Gasteiger partial charge in [-0.1, -0.05) is 0 Å². The first kappa shape index (κ1) is 8.85. The third-order valence-electron chi connectivity index (χ3n) is 0. The van der Waals surface area contributed by atoms with E-state index in [1.165, 1.54) is 0 Å². The molecule has 1 radical (unpaired) electrons. The Kier molecular flexibility index (Phi) is 20.2. The second kappa shape index (κ2) is 9.13. The molecule has 21 valence electrons. The van der Waals surface area contributed by atoms with Crippen molar-refractivity contribution in [1.29, 1.82) is 0 Å². The van der Waals surface area contributed by atoms with Gasteiger partial charge in [0.1, 0.15) is 0 Å². The molecule has 0 bridgehead atoms. The summed E-state index contributed by atoms with van der Waals surface area (Å²) in [5.74, 6) is 0. The Morgan fingerprint density at radius 3 is 1.25 bits per heavy atom. The molecule has 0 spiro atoms. The zero-order chi connectivity index (χ0) is 2.71. The van der Waals surface area contributed by atoms with Crippen LogP contribution >= 0.6 is 0 Å². The SMILES string of the molecule is F[CH]F.[NaH]. The van der Waals surface area contributed by atoms with E-state index in [4.69, 9.17) is 0 Å². The van der Waals surface area contributed by atoms with Crippen LogP contribution < -0.4 is 0 Å². The summed E-state index contributed by atoms with van der Waals surface area (Å²) in [6.07, 6.45) is 0. The minimum absolute atomic E-state index is 0. The van der Waals surface area contributed by atoms with Crippen molar-refractivity contribution in [2.45, 2.75) is 0 Å². The number of hydrogen-bond donors (Lipinski definition) is 0. The van der Waals surface area contributed by atoms with Gasteiger partial charge in [-0.05, 0) is 0 Å². The van der Waals surface area contributed by atoms with Crippen molar-refractivity contribution in [3.63, 3.8) is 0 Å². The van der Waals surface area contributed by atoms with Crippen molar-refractivity contribution >= 4 is 29.6 Å². The molecule has 0 aromatic carbocycles. The molecule has 0 atom stereocenters. The Bertz CT molecular complexity index is 6.00. The Labute approximate surface area is 45.5 Å². The predicted molar refractivity (Wildman–Crippen MR) is 13.7 cm³/mol. The summed E-state index contributed by atoms with van der Waals surface area (Å²) >= 11 is 0. The molecule has 0 amide bonds. The summed E-state index contributed by atoms with van der Waals surface area (Å²) in [5, 5.41) is 0. The van der Waals surface area contributed by atoms with Gasteiger partial charge in [-0.2, -0.15) is 0 Å². The first-order valence-corrected chi connectivity index (χ1v) is 0.436. The van der Waals surface area contributed by atoms with Crippen molar-refractivity contribution in [1.82, 2.24) is 0 Å². The molecule has 0 unspecified atom stereocenters. The fourth-order valence-corrected chi connectivity index (χ4v) is 0. The van der Waals surface area contributed by atoms with Crippen molar-refractivity contribution in [3.8, 4) is 0 Å². The minimum atomic E-state index is -1.00. The van der Waals surface area contributed by atoms with E-state index in [0.717, 1.165) is 0 Å². The summed E-state index contributed by atoms with van der Waals surface area (Å²) in [6.45, 7) is -1.00. The number of halogens is 2. The van der Waals surface area contributed by atoms with Crippen molar-refractivity contribution in [3.05, 3.63) is 6.93 Å². The maximum atomic E-state index is 9.50. The molecule has 0 heterocycles. The molecular formula is CH2F2Na. The van der Waals surface area contributed by atoms with Crippen LogP contribution in [0.5, 0.6) is 0 Å². The van der Waals surface area contributed by atoms with Gasteiger partial charge in [0, 0.05) is 0 Å². The van der Waals surface area contributed by atoms with Crippen LogP contribution in [0.3, 0.4) is 0 Å². The molecule has 0 aromatic heterocycles. The average molecular weight is 75.0 g/mol. The first-order valence-electron chi connectivity index (χ1n) is 0.436. The van der Waals surface area contributed by atoms with Gasteiger partial charge in [-0.25, -0.2) is 8.78 Å². The summed E-state index contributed by atoms with van der Waals surface area (Å²) in [4.78, 5) is 0. The molecule has 0 saturated carbocycles. The Morgan fingerprint density at radius 2 is 1.25 bits per heavy atom. The van der Waals surface area contributed by atoms with E-state index in [2.05, 4.69) is 0 Å². The molecule has 0 nitrogen and oxygen atoms in total. The normalized spacial score (nSPS) is 4.50. The molecule has 0 aromatic rings. The maximum absolute atomic E-state index is 9.50. The molecule has 0 N–H and O–H groups in total. The Morgan fingerprint density at radius 1 is 1.25 bits per heavy atom.